The summed E-state index contributed by atoms with van der Waals surface area (Å²) in [5, 5.41) is 6.65. The van der Waals surface area contributed by atoms with Crippen molar-refractivity contribution < 1.29 is 0 Å². The molecule has 1 aromatic heterocycles. The van der Waals surface area contributed by atoms with E-state index in [0.717, 1.165) is 37.9 Å². The molecule has 1 heterocycles. The van der Waals surface area contributed by atoms with Crippen LogP contribution in [-0.2, 0) is 0 Å². The van der Waals surface area contributed by atoms with E-state index >= 15 is 0 Å². The number of hydrogen-bond donors (Lipinski definition) is 2. The van der Waals surface area contributed by atoms with Crippen LogP contribution < -0.4 is 15.5 Å². The first-order chi connectivity index (χ1) is 9.67. The Hall–Kier alpha value is -1.59. The molecule has 112 valence electrons. The molecule has 2 unspecified atom stereocenters. The van der Waals surface area contributed by atoms with Crippen LogP contribution >= 0.6 is 0 Å². The van der Waals surface area contributed by atoms with Crippen molar-refractivity contribution in [3.63, 3.8) is 0 Å². The minimum Gasteiger partial charge on any atom is -0.354 e. The maximum absolute atomic E-state index is 4.55. The van der Waals surface area contributed by atoms with Crippen LogP contribution in [0.3, 0.4) is 0 Å². The van der Waals surface area contributed by atoms with Crippen LogP contribution in [-0.4, -0.2) is 40.6 Å². The number of aromatic nitrogens is 3. The van der Waals surface area contributed by atoms with Gasteiger partial charge in [-0.15, -0.1) is 0 Å². The summed E-state index contributed by atoms with van der Waals surface area (Å²) in [6.07, 6.45) is 2.25. The summed E-state index contributed by atoms with van der Waals surface area (Å²) in [5.41, 5.74) is 0. The van der Waals surface area contributed by atoms with Crippen molar-refractivity contribution >= 4 is 17.8 Å². The average Bonchev–Trinajstić information content (AvgIpc) is 3.13. The molecule has 0 aromatic carbocycles. The van der Waals surface area contributed by atoms with Gasteiger partial charge in [-0.3, -0.25) is 0 Å². The molecule has 2 atom stereocenters. The van der Waals surface area contributed by atoms with Gasteiger partial charge < -0.3 is 15.5 Å². The third-order valence-electron chi connectivity index (χ3n) is 3.63. The van der Waals surface area contributed by atoms with Crippen molar-refractivity contribution in [2.24, 2.45) is 5.92 Å². The summed E-state index contributed by atoms with van der Waals surface area (Å²) in [6, 6.07) is 0.515. The van der Waals surface area contributed by atoms with Gasteiger partial charge in [-0.05, 0) is 32.6 Å². The smallest absolute Gasteiger partial charge is 0.231 e. The molecule has 0 aliphatic heterocycles. The molecule has 1 aromatic rings. The van der Waals surface area contributed by atoms with E-state index in [0.29, 0.717) is 17.9 Å². The average molecular weight is 278 g/mol. The third kappa shape index (κ3) is 3.71. The number of nitrogens with zero attached hydrogens (tertiary/aromatic N) is 4. The Morgan fingerprint density at radius 2 is 1.75 bits per heavy atom. The topological polar surface area (TPSA) is 66.0 Å². The molecule has 2 rings (SSSR count). The van der Waals surface area contributed by atoms with E-state index < -0.39 is 0 Å². The number of hydrogen-bond acceptors (Lipinski definition) is 6. The zero-order valence-corrected chi connectivity index (χ0v) is 13.0. The molecule has 1 fully saturated rings. The molecular weight excluding hydrogens is 252 g/mol. The zero-order chi connectivity index (χ0) is 14.5. The minimum atomic E-state index is 0.515. The molecule has 1 aliphatic rings. The van der Waals surface area contributed by atoms with E-state index in [-0.39, 0.29) is 0 Å². The van der Waals surface area contributed by atoms with E-state index in [9.17, 15) is 0 Å². The zero-order valence-electron chi connectivity index (χ0n) is 13.0. The van der Waals surface area contributed by atoms with Gasteiger partial charge in [0.05, 0.1) is 0 Å². The molecule has 0 saturated heterocycles. The molecule has 6 nitrogen and oxygen atoms in total. The van der Waals surface area contributed by atoms with Gasteiger partial charge in [0.15, 0.2) is 0 Å². The number of nitrogens with one attached hydrogen (secondary N) is 2. The van der Waals surface area contributed by atoms with Crippen LogP contribution in [0.5, 0.6) is 0 Å². The molecule has 2 N–H and O–H groups in total. The molecule has 0 bridgehead atoms. The van der Waals surface area contributed by atoms with Crippen LogP contribution in [0, 0.1) is 5.92 Å². The maximum atomic E-state index is 4.55. The maximum Gasteiger partial charge on any atom is 0.231 e. The molecule has 0 radical (unpaired) electrons. The van der Waals surface area contributed by atoms with Crippen LogP contribution in [0.1, 0.15) is 40.5 Å². The first-order valence-electron chi connectivity index (χ1n) is 7.69. The molecule has 1 aliphatic carbocycles. The van der Waals surface area contributed by atoms with Crippen LogP contribution in [0.25, 0.3) is 0 Å². The largest absolute Gasteiger partial charge is 0.354 e. The van der Waals surface area contributed by atoms with Crippen LogP contribution in [0.4, 0.5) is 17.8 Å². The Labute approximate surface area is 121 Å². The van der Waals surface area contributed by atoms with Gasteiger partial charge in [0.25, 0.3) is 0 Å². The number of anilines is 3. The lowest BCUT2D eigenvalue weighted by Crippen LogP contribution is -2.25. The van der Waals surface area contributed by atoms with E-state index in [1.807, 2.05) is 0 Å². The van der Waals surface area contributed by atoms with E-state index in [2.05, 4.69) is 58.2 Å². The lowest BCUT2D eigenvalue weighted by Gasteiger charge is -2.19. The van der Waals surface area contributed by atoms with Crippen molar-refractivity contribution in [1.82, 2.24) is 15.0 Å². The molecule has 20 heavy (non-hydrogen) atoms. The highest BCUT2D eigenvalue weighted by molar-refractivity contribution is 5.44. The summed E-state index contributed by atoms with van der Waals surface area (Å²) in [7, 11) is 0. The van der Waals surface area contributed by atoms with E-state index in [4.69, 9.17) is 0 Å². The Morgan fingerprint density at radius 1 is 1.10 bits per heavy atom. The first kappa shape index (κ1) is 14.8. The van der Waals surface area contributed by atoms with Gasteiger partial charge in [-0.2, -0.15) is 15.0 Å². The van der Waals surface area contributed by atoms with Gasteiger partial charge in [0.1, 0.15) is 0 Å². The Kier molecular flexibility index (Phi) is 4.98. The lowest BCUT2D eigenvalue weighted by molar-refractivity contribution is 0.807. The summed E-state index contributed by atoms with van der Waals surface area (Å²) < 4.78 is 0. The molecule has 0 amide bonds. The standard InChI is InChI=1S/C14H26N6/c1-5-8-15-12-17-13(16-11-9-10(11)4)19-14(18-12)20(6-2)7-3/h10-11H,5-9H2,1-4H3,(H2,15,16,17,18,19). The highest BCUT2D eigenvalue weighted by atomic mass is 15.3. The predicted molar refractivity (Wildman–Crippen MR) is 83.4 cm³/mol. The van der Waals surface area contributed by atoms with E-state index in [1.165, 1.54) is 6.42 Å². The van der Waals surface area contributed by atoms with Crippen molar-refractivity contribution in [2.75, 3.05) is 35.2 Å². The summed E-state index contributed by atoms with van der Waals surface area (Å²) >= 11 is 0. The second-order valence-corrected chi connectivity index (χ2v) is 5.35. The van der Waals surface area contributed by atoms with Crippen LogP contribution in [0.15, 0.2) is 0 Å². The van der Waals surface area contributed by atoms with Gasteiger partial charge >= 0.3 is 0 Å². The SMILES string of the molecule is CCCNc1nc(NC2CC2C)nc(N(CC)CC)n1. The Balaban J connectivity index is 2.18. The highest BCUT2D eigenvalue weighted by Crippen LogP contribution is 2.32. The van der Waals surface area contributed by atoms with Gasteiger partial charge in [-0.25, -0.2) is 0 Å². The van der Waals surface area contributed by atoms with Gasteiger partial charge in [0.2, 0.25) is 17.8 Å². The molecular formula is C14H26N6. The quantitative estimate of drug-likeness (QED) is 0.761. The monoisotopic (exact) mass is 278 g/mol. The Bertz CT molecular complexity index is 432. The lowest BCUT2D eigenvalue weighted by atomic mass is 10.5. The first-order valence-corrected chi connectivity index (χ1v) is 7.69. The molecule has 1 saturated carbocycles. The molecule has 6 heteroatoms. The predicted octanol–water partition coefficient (Wildman–Crippen LogP) is 2.36. The molecule has 0 spiro atoms. The minimum absolute atomic E-state index is 0.515. The fourth-order valence-electron chi connectivity index (χ4n) is 2.08. The van der Waals surface area contributed by atoms with Gasteiger partial charge in [0, 0.05) is 25.7 Å². The third-order valence-corrected chi connectivity index (χ3v) is 3.63. The van der Waals surface area contributed by atoms with E-state index in [1.54, 1.807) is 0 Å². The van der Waals surface area contributed by atoms with Crippen molar-refractivity contribution in [2.45, 2.75) is 46.6 Å². The second-order valence-electron chi connectivity index (χ2n) is 5.35. The normalized spacial score (nSPS) is 20.6. The summed E-state index contributed by atoms with van der Waals surface area (Å²) in [5.74, 6) is 2.82. The van der Waals surface area contributed by atoms with Crippen molar-refractivity contribution in [3.05, 3.63) is 0 Å². The summed E-state index contributed by atoms with van der Waals surface area (Å²) in [6.45, 7) is 11.3. The number of rotatable bonds is 8. The summed E-state index contributed by atoms with van der Waals surface area (Å²) in [4.78, 5) is 15.7. The second kappa shape index (κ2) is 6.72. The van der Waals surface area contributed by atoms with Crippen molar-refractivity contribution in [3.8, 4) is 0 Å². The fourth-order valence-corrected chi connectivity index (χ4v) is 2.08. The van der Waals surface area contributed by atoms with Gasteiger partial charge in [-0.1, -0.05) is 13.8 Å². The van der Waals surface area contributed by atoms with Crippen LogP contribution in [0.2, 0.25) is 0 Å². The van der Waals surface area contributed by atoms with Crippen molar-refractivity contribution in [1.29, 1.82) is 0 Å². The Morgan fingerprint density at radius 3 is 2.30 bits per heavy atom. The highest BCUT2D eigenvalue weighted by Gasteiger charge is 2.33. The fraction of sp³-hybridized carbons (Fsp3) is 0.786.